The van der Waals surface area contributed by atoms with Gasteiger partial charge in [0.25, 0.3) is 0 Å². The van der Waals surface area contributed by atoms with Crippen molar-refractivity contribution >= 4 is 15.9 Å². The van der Waals surface area contributed by atoms with Crippen molar-refractivity contribution < 1.29 is 4.74 Å². The van der Waals surface area contributed by atoms with Gasteiger partial charge in [0.05, 0.1) is 7.11 Å². The summed E-state index contributed by atoms with van der Waals surface area (Å²) in [5.74, 6) is 0.994. The lowest BCUT2D eigenvalue weighted by atomic mass is 9.86. The highest BCUT2D eigenvalue weighted by Crippen LogP contribution is 2.41. The van der Waals surface area contributed by atoms with Gasteiger partial charge in [-0.3, -0.25) is 4.90 Å². The summed E-state index contributed by atoms with van der Waals surface area (Å²) in [4.78, 5) is 5.30. The van der Waals surface area contributed by atoms with E-state index in [1.165, 1.54) is 50.0 Å². The molecule has 2 aliphatic rings. The van der Waals surface area contributed by atoms with Gasteiger partial charge < -0.3 is 9.64 Å². The Morgan fingerprint density at radius 1 is 1.04 bits per heavy atom. The van der Waals surface area contributed by atoms with E-state index in [1.54, 1.807) is 7.11 Å². The Kier molecular flexibility index (Phi) is 5.63. The first-order valence-corrected chi connectivity index (χ1v) is 10.4. The summed E-state index contributed by atoms with van der Waals surface area (Å²) in [6, 6.07) is 18.4. The van der Waals surface area contributed by atoms with Crippen molar-refractivity contribution in [1.29, 1.82) is 0 Å². The van der Waals surface area contributed by atoms with Crippen molar-refractivity contribution in [3.63, 3.8) is 0 Å². The van der Waals surface area contributed by atoms with E-state index in [-0.39, 0.29) is 0 Å². The maximum atomic E-state index is 5.60. The molecule has 2 unspecified atom stereocenters. The van der Waals surface area contributed by atoms with Gasteiger partial charge in [0, 0.05) is 35.2 Å². The van der Waals surface area contributed by atoms with E-state index < -0.39 is 0 Å². The molecule has 2 aromatic carbocycles. The highest BCUT2D eigenvalue weighted by molar-refractivity contribution is 9.10. The molecule has 0 N–H and O–H groups in total. The third-order valence-corrected chi connectivity index (χ3v) is 6.36. The van der Waals surface area contributed by atoms with E-state index in [0.717, 1.165) is 16.8 Å². The number of ether oxygens (including phenoxy) is 1. The van der Waals surface area contributed by atoms with E-state index in [1.807, 2.05) is 6.07 Å². The number of para-hydroxylation sites is 1. The molecule has 4 heteroatoms. The van der Waals surface area contributed by atoms with E-state index in [2.05, 4.69) is 68.2 Å². The van der Waals surface area contributed by atoms with Crippen LogP contribution in [0.15, 0.2) is 53.0 Å². The second kappa shape index (κ2) is 8.12. The summed E-state index contributed by atoms with van der Waals surface area (Å²) in [7, 11) is 1.77. The van der Waals surface area contributed by atoms with E-state index in [0.29, 0.717) is 12.1 Å². The summed E-state index contributed by atoms with van der Waals surface area (Å²) in [6.45, 7) is 4.68. The number of nitrogens with zero attached hydrogens (tertiary/aromatic N) is 2. The van der Waals surface area contributed by atoms with Gasteiger partial charge in [-0.05, 0) is 56.1 Å². The van der Waals surface area contributed by atoms with Gasteiger partial charge in [0.1, 0.15) is 5.75 Å². The van der Waals surface area contributed by atoms with Gasteiger partial charge in [0.2, 0.25) is 0 Å². The minimum Gasteiger partial charge on any atom is -0.496 e. The van der Waals surface area contributed by atoms with Gasteiger partial charge in [-0.25, -0.2) is 0 Å². The van der Waals surface area contributed by atoms with Crippen LogP contribution in [0.5, 0.6) is 5.75 Å². The van der Waals surface area contributed by atoms with Crippen LogP contribution in [-0.2, 0) is 6.54 Å². The molecule has 2 saturated heterocycles. The highest BCUT2D eigenvalue weighted by Gasteiger charge is 2.40. The van der Waals surface area contributed by atoms with Crippen molar-refractivity contribution in [2.45, 2.75) is 37.9 Å². The lowest BCUT2D eigenvalue weighted by Crippen LogP contribution is -2.54. The molecule has 138 valence electrons. The Balaban J connectivity index is 1.53. The van der Waals surface area contributed by atoms with E-state index >= 15 is 0 Å². The molecule has 0 aliphatic carbocycles. The van der Waals surface area contributed by atoms with Crippen LogP contribution < -0.4 is 4.74 Å². The zero-order chi connectivity index (χ0) is 17.9. The predicted octanol–water partition coefficient (Wildman–Crippen LogP) is 4.87. The summed E-state index contributed by atoms with van der Waals surface area (Å²) >= 11 is 3.56. The first-order chi connectivity index (χ1) is 12.7. The molecule has 2 aromatic rings. The Labute approximate surface area is 165 Å². The van der Waals surface area contributed by atoms with Crippen LogP contribution >= 0.6 is 15.9 Å². The number of rotatable bonds is 6. The van der Waals surface area contributed by atoms with Crippen molar-refractivity contribution in [2.75, 3.05) is 26.7 Å². The molecular weight excluding hydrogens is 388 g/mol. The topological polar surface area (TPSA) is 15.7 Å². The molecule has 0 radical (unpaired) electrons. The molecule has 3 nitrogen and oxygen atoms in total. The number of benzene rings is 2. The fourth-order valence-electron chi connectivity index (χ4n) is 4.37. The summed E-state index contributed by atoms with van der Waals surface area (Å²) in [5.41, 5.74) is 2.70. The Bertz CT molecular complexity index is 727. The molecule has 26 heavy (non-hydrogen) atoms. The van der Waals surface area contributed by atoms with Crippen LogP contribution in [0, 0.1) is 0 Å². The van der Waals surface area contributed by atoms with Crippen molar-refractivity contribution in [2.24, 2.45) is 0 Å². The fraction of sp³-hybridized carbons (Fsp3) is 0.455. The average molecular weight is 415 g/mol. The molecule has 2 atom stereocenters. The van der Waals surface area contributed by atoms with Crippen molar-refractivity contribution in [1.82, 2.24) is 9.80 Å². The van der Waals surface area contributed by atoms with Crippen LogP contribution in [-0.4, -0.2) is 42.6 Å². The minimum absolute atomic E-state index is 0.501. The van der Waals surface area contributed by atoms with E-state index in [4.69, 9.17) is 4.74 Å². The number of likely N-dealkylation sites (tertiary alicyclic amines) is 2. The van der Waals surface area contributed by atoms with Crippen LogP contribution in [0.2, 0.25) is 0 Å². The molecule has 0 saturated carbocycles. The number of hydrogen-bond donors (Lipinski definition) is 0. The smallest absolute Gasteiger partial charge is 0.123 e. The molecule has 4 rings (SSSR count). The normalized spacial score (nSPS) is 23.8. The fourth-order valence-corrected chi connectivity index (χ4v) is 4.63. The molecule has 2 fully saturated rings. The molecule has 0 amide bonds. The molecule has 2 heterocycles. The maximum absolute atomic E-state index is 5.60. The third-order valence-electron chi connectivity index (χ3n) is 5.83. The molecule has 0 spiro atoms. The third kappa shape index (κ3) is 3.83. The summed E-state index contributed by atoms with van der Waals surface area (Å²) in [6.07, 6.45) is 3.96. The van der Waals surface area contributed by atoms with E-state index in [9.17, 15) is 0 Å². The predicted molar refractivity (Wildman–Crippen MR) is 109 cm³/mol. The molecular formula is C22H27BrN2O. The zero-order valence-electron chi connectivity index (χ0n) is 15.4. The largest absolute Gasteiger partial charge is 0.496 e. The summed E-state index contributed by atoms with van der Waals surface area (Å²) in [5, 5.41) is 0. The van der Waals surface area contributed by atoms with Gasteiger partial charge in [0.15, 0.2) is 0 Å². The second-order valence-corrected chi connectivity index (χ2v) is 8.36. The number of methoxy groups -OCH3 is 1. The lowest BCUT2D eigenvalue weighted by Gasteiger charge is -2.50. The number of halogens is 1. The zero-order valence-corrected chi connectivity index (χ0v) is 17.0. The minimum atomic E-state index is 0.501. The molecule has 2 aliphatic heterocycles. The Hall–Kier alpha value is -1.36. The first-order valence-electron chi connectivity index (χ1n) is 9.60. The standard InChI is InChI=1S/C22H27BrN2O/c1-26-22-7-3-2-6-18(22)15-25-20(16-24-12-4-5-13-24)14-21(25)17-8-10-19(23)11-9-17/h2-3,6-11,20-21H,4-5,12-16H2,1H3. The maximum Gasteiger partial charge on any atom is 0.123 e. The first kappa shape index (κ1) is 18.0. The van der Waals surface area contributed by atoms with Crippen LogP contribution in [0.4, 0.5) is 0 Å². The average Bonchev–Trinajstić information content (AvgIpc) is 3.17. The van der Waals surface area contributed by atoms with Gasteiger partial charge >= 0.3 is 0 Å². The van der Waals surface area contributed by atoms with Gasteiger partial charge in [-0.15, -0.1) is 0 Å². The Morgan fingerprint density at radius 2 is 1.77 bits per heavy atom. The quantitative estimate of drug-likeness (QED) is 0.670. The lowest BCUT2D eigenvalue weighted by molar-refractivity contribution is -0.0120. The van der Waals surface area contributed by atoms with Crippen LogP contribution in [0.1, 0.15) is 36.4 Å². The highest BCUT2D eigenvalue weighted by atomic mass is 79.9. The van der Waals surface area contributed by atoms with Gasteiger partial charge in [-0.2, -0.15) is 0 Å². The summed E-state index contributed by atoms with van der Waals surface area (Å²) < 4.78 is 6.74. The van der Waals surface area contributed by atoms with Crippen LogP contribution in [0.25, 0.3) is 0 Å². The second-order valence-electron chi connectivity index (χ2n) is 7.45. The SMILES string of the molecule is COc1ccccc1CN1C(CN2CCCC2)CC1c1ccc(Br)cc1. The Morgan fingerprint density at radius 3 is 2.50 bits per heavy atom. The number of hydrogen-bond acceptors (Lipinski definition) is 3. The van der Waals surface area contributed by atoms with Gasteiger partial charge in [-0.1, -0.05) is 46.3 Å². The van der Waals surface area contributed by atoms with Crippen molar-refractivity contribution in [3.8, 4) is 5.75 Å². The monoisotopic (exact) mass is 414 g/mol. The van der Waals surface area contributed by atoms with Crippen molar-refractivity contribution in [3.05, 3.63) is 64.1 Å². The molecule has 0 bridgehead atoms. The molecule has 0 aromatic heterocycles. The van der Waals surface area contributed by atoms with Crippen LogP contribution in [0.3, 0.4) is 0 Å².